The smallest absolute Gasteiger partial charge is 0.223 e. The molecular formula is C13H16N4. The molecule has 0 atom stereocenters. The average Bonchev–Trinajstić information content (AvgIpc) is 2.37. The van der Waals surface area contributed by atoms with Gasteiger partial charge in [0.15, 0.2) is 0 Å². The molecule has 0 amide bonds. The average molecular weight is 228 g/mol. The third-order valence-corrected chi connectivity index (χ3v) is 2.36. The molecule has 88 valence electrons. The van der Waals surface area contributed by atoms with Crippen molar-refractivity contribution in [3.05, 3.63) is 36.3 Å². The first-order chi connectivity index (χ1) is 8.29. The van der Waals surface area contributed by atoms with E-state index >= 15 is 0 Å². The van der Waals surface area contributed by atoms with Gasteiger partial charge in [0, 0.05) is 30.2 Å². The molecule has 17 heavy (non-hydrogen) atoms. The van der Waals surface area contributed by atoms with Crippen molar-refractivity contribution in [2.24, 2.45) is 0 Å². The number of nitrogens with one attached hydrogen (secondary N) is 1. The maximum Gasteiger partial charge on any atom is 0.223 e. The molecule has 0 bridgehead atoms. The maximum atomic E-state index is 4.49. The molecule has 0 aliphatic carbocycles. The lowest BCUT2D eigenvalue weighted by Crippen LogP contribution is -2.05. The first-order valence-corrected chi connectivity index (χ1v) is 5.79. The van der Waals surface area contributed by atoms with Gasteiger partial charge in [-0.05, 0) is 31.5 Å². The molecule has 1 N–H and O–H groups in total. The van der Waals surface area contributed by atoms with Crippen LogP contribution in [0.2, 0.25) is 0 Å². The van der Waals surface area contributed by atoms with Crippen LogP contribution in [-0.2, 0) is 0 Å². The molecule has 0 aromatic carbocycles. The van der Waals surface area contributed by atoms with Gasteiger partial charge >= 0.3 is 0 Å². The Morgan fingerprint density at radius 3 is 2.65 bits per heavy atom. The van der Waals surface area contributed by atoms with E-state index in [2.05, 4.69) is 27.2 Å². The first kappa shape index (κ1) is 11.5. The van der Waals surface area contributed by atoms with Gasteiger partial charge in [-0.2, -0.15) is 0 Å². The largest absolute Gasteiger partial charge is 0.354 e. The van der Waals surface area contributed by atoms with Gasteiger partial charge in [-0.1, -0.05) is 6.92 Å². The minimum absolute atomic E-state index is 0.693. The summed E-state index contributed by atoms with van der Waals surface area (Å²) in [5.74, 6) is 0.693. The summed E-state index contributed by atoms with van der Waals surface area (Å²) in [5.41, 5.74) is 2.95. The van der Waals surface area contributed by atoms with Gasteiger partial charge in [0.05, 0.1) is 5.69 Å². The normalized spacial score (nSPS) is 10.2. The van der Waals surface area contributed by atoms with Crippen molar-refractivity contribution in [2.75, 3.05) is 11.9 Å². The zero-order valence-electron chi connectivity index (χ0n) is 10.1. The van der Waals surface area contributed by atoms with Crippen LogP contribution in [0.15, 0.2) is 30.6 Å². The Morgan fingerprint density at radius 1 is 1.18 bits per heavy atom. The summed E-state index contributed by atoms with van der Waals surface area (Å²) in [7, 11) is 0. The van der Waals surface area contributed by atoms with Gasteiger partial charge < -0.3 is 5.32 Å². The molecule has 0 aliphatic rings. The molecule has 0 fully saturated rings. The van der Waals surface area contributed by atoms with Crippen LogP contribution in [-0.4, -0.2) is 21.5 Å². The molecule has 0 spiro atoms. The fourth-order valence-corrected chi connectivity index (χ4v) is 1.55. The molecule has 0 unspecified atom stereocenters. The number of hydrogen-bond donors (Lipinski definition) is 1. The van der Waals surface area contributed by atoms with E-state index in [1.807, 2.05) is 25.1 Å². The van der Waals surface area contributed by atoms with Crippen molar-refractivity contribution < 1.29 is 0 Å². The standard InChI is InChI=1S/C13H16N4/c1-3-6-15-13-16-10(2)9-12(17-13)11-4-7-14-8-5-11/h4-5,7-9H,3,6H2,1-2H3,(H,15,16,17). The van der Waals surface area contributed by atoms with E-state index in [0.717, 1.165) is 29.9 Å². The lowest BCUT2D eigenvalue weighted by molar-refractivity contribution is 0.947. The highest BCUT2D eigenvalue weighted by Crippen LogP contribution is 2.17. The number of rotatable bonds is 4. The van der Waals surface area contributed by atoms with E-state index in [0.29, 0.717) is 5.95 Å². The van der Waals surface area contributed by atoms with Crippen LogP contribution >= 0.6 is 0 Å². The second-order valence-corrected chi connectivity index (χ2v) is 3.88. The molecule has 4 nitrogen and oxygen atoms in total. The minimum atomic E-state index is 0.693. The summed E-state index contributed by atoms with van der Waals surface area (Å²) in [6.07, 6.45) is 4.60. The second-order valence-electron chi connectivity index (χ2n) is 3.88. The number of aromatic nitrogens is 3. The van der Waals surface area contributed by atoms with Crippen LogP contribution in [0.5, 0.6) is 0 Å². The van der Waals surface area contributed by atoms with Crippen LogP contribution in [0.1, 0.15) is 19.0 Å². The number of hydrogen-bond acceptors (Lipinski definition) is 4. The van der Waals surface area contributed by atoms with E-state index in [-0.39, 0.29) is 0 Å². The van der Waals surface area contributed by atoms with E-state index < -0.39 is 0 Å². The third kappa shape index (κ3) is 3.00. The van der Waals surface area contributed by atoms with Crippen molar-refractivity contribution in [2.45, 2.75) is 20.3 Å². The Kier molecular flexibility index (Phi) is 3.65. The first-order valence-electron chi connectivity index (χ1n) is 5.79. The number of aryl methyl sites for hydroxylation is 1. The topological polar surface area (TPSA) is 50.7 Å². The summed E-state index contributed by atoms with van der Waals surface area (Å²) in [6.45, 7) is 4.98. The highest BCUT2D eigenvalue weighted by molar-refractivity contribution is 5.59. The zero-order valence-corrected chi connectivity index (χ0v) is 10.1. The summed E-state index contributed by atoms with van der Waals surface area (Å²) >= 11 is 0. The van der Waals surface area contributed by atoms with Gasteiger partial charge in [0.25, 0.3) is 0 Å². The fraction of sp³-hybridized carbons (Fsp3) is 0.308. The van der Waals surface area contributed by atoms with Crippen LogP contribution in [0.3, 0.4) is 0 Å². The molecule has 0 saturated carbocycles. The molecule has 2 aromatic rings. The van der Waals surface area contributed by atoms with Crippen molar-refractivity contribution in [1.29, 1.82) is 0 Å². The molecular weight excluding hydrogens is 212 g/mol. The monoisotopic (exact) mass is 228 g/mol. The van der Waals surface area contributed by atoms with Crippen molar-refractivity contribution in [3.8, 4) is 11.3 Å². The van der Waals surface area contributed by atoms with Crippen molar-refractivity contribution in [3.63, 3.8) is 0 Å². The molecule has 0 saturated heterocycles. The summed E-state index contributed by atoms with van der Waals surface area (Å²) < 4.78 is 0. The number of nitrogens with zero attached hydrogens (tertiary/aromatic N) is 3. The summed E-state index contributed by atoms with van der Waals surface area (Å²) in [5, 5.41) is 3.21. The molecule has 4 heteroatoms. The highest BCUT2D eigenvalue weighted by atomic mass is 15.1. The molecule has 2 heterocycles. The molecule has 2 aromatic heterocycles. The van der Waals surface area contributed by atoms with Gasteiger partial charge in [-0.3, -0.25) is 4.98 Å². The molecule has 0 aliphatic heterocycles. The second kappa shape index (κ2) is 5.39. The quantitative estimate of drug-likeness (QED) is 0.874. The van der Waals surface area contributed by atoms with E-state index in [1.54, 1.807) is 12.4 Å². The minimum Gasteiger partial charge on any atom is -0.354 e. The summed E-state index contributed by atoms with van der Waals surface area (Å²) in [4.78, 5) is 12.9. The van der Waals surface area contributed by atoms with Crippen molar-refractivity contribution in [1.82, 2.24) is 15.0 Å². The predicted molar refractivity (Wildman–Crippen MR) is 68.8 cm³/mol. The number of anilines is 1. The van der Waals surface area contributed by atoms with Crippen LogP contribution in [0, 0.1) is 6.92 Å². The predicted octanol–water partition coefficient (Wildman–Crippen LogP) is 2.67. The van der Waals surface area contributed by atoms with Crippen LogP contribution in [0.4, 0.5) is 5.95 Å². The van der Waals surface area contributed by atoms with Gasteiger partial charge in [-0.25, -0.2) is 9.97 Å². The number of pyridine rings is 1. The van der Waals surface area contributed by atoms with Gasteiger partial charge in [0.2, 0.25) is 5.95 Å². The molecule has 2 rings (SSSR count). The van der Waals surface area contributed by atoms with Crippen molar-refractivity contribution >= 4 is 5.95 Å². The Bertz CT molecular complexity index is 482. The van der Waals surface area contributed by atoms with Crippen LogP contribution in [0.25, 0.3) is 11.3 Å². The summed E-state index contributed by atoms with van der Waals surface area (Å²) in [6, 6.07) is 5.88. The Hall–Kier alpha value is -1.97. The maximum absolute atomic E-state index is 4.49. The van der Waals surface area contributed by atoms with E-state index in [4.69, 9.17) is 0 Å². The van der Waals surface area contributed by atoms with E-state index in [1.165, 1.54) is 0 Å². The fourth-order valence-electron chi connectivity index (χ4n) is 1.55. The Balaban J connectivity index is 2.32. The Morgan fingerprint density at radius 2 is 1.94 bits per heavy atom. The lowest BCUT2D eigenvalue weighted by Gasteiger charge is -2.07. The van der Waals surface area contributed by atoms with Gasteiger partial charge in [0.1, 0.15) is 0 Å². The lowest BCUT2D eigenvalue weighted by atomic mass is 10.2. The molecule has 0 radical (unpaired) electrons. The van der Waals surface area contributed by atoms with Gasteiger partial charge in [-0.15, -0.1) is 0 Å². The van der Waals surface area contributed by atoms with E-state index in [9.17, 15) is 0 Å². The third-order valence-electron chi connectivity index (χ3n) is 2.36. The Labute approximate surface area is 101 Å². The SMILES string of the molecule is CCCNc1nc(C)cc(-c2ccncc2)n1. The van der Waals surface area contributed by atoms with Crippen LogP contribution < -0.4 is 5.32 Å². The highest BCUT2D eigenvalue weighted by Gasteiger charge is 2.03. The zero-order chi connectivity index (χ0) is 12.1.